The van der Waals surface area contributed by atoms with E-state index in [1.165, 1.54) is 17.7 Å². The number of rotatable bonds is 10. The third-order valence-electron chi connectivity index (χ3n) is 8.72. The number of hydrogen-bond acceptors (Lipinski definition) is 4. The number of nitrogens with one attached hydrogen (secondary N) is 1. The predicted molar refractivity (Wildman–Crippen MR) is 166 cm³/mol. The van der Waals surface area contributed by atoms with Gasteiger partial charge in [-0.2, -0.15) is 0 Å². The molecule has 226 valence electrons. The van der Waals surface area contributed by atoms with Crippen LogP contribution in [0.5, 0.6) is 5.75 Å². The van der Waals surface area contributed by atoms with E-state index >= 15 is 0 Å². The number of para-hydroxylation sites is 1. The van der Waals surface area contributed by atoms with Crippen LogP contribution in [0.15, 0.2) is 66.7 Å². The molecule has 10 heteroatoms. The Balaban J connectivity index is 1.26. The Morgan fingerprint density at radius 1 is 1.14 bits per heavy atom. The third kappa shape index (κ3) is 5.25. The number of hydrogen-bond donors (Lipinski definition) is 2. The molecule has 2 aromatic heterocycles. The zero-order chi connectivity index (χ0) is 30.4. The van der Waals surface area contributed by atoms with Crippen molar-refractivity contribution in [1.82, 2.24) is 24.3 Å². The fourth-order valence-electron chi connectivity index (χ4n) is 6.27. The largest absolute Gasteiger partial charge is 0.487 e. The smallest absolute Gasteiger partial charge is 0.405 e. The van der Waals surface area contributed by atoms with E-state index < -0.39 is 18.8 Å². The van der Waals surface area contributed by atoms with Crippen molar-refractivity contribution in [2.75, 3.05) is 19.8 Å². The lowest BCUT2D eigenvalue weighted by atomic mass is 9.97. The van der Waals surface area contributed by atoms with Gasteiger partial charge in [0.15, 0.2) is 5.82 Å². The molecule has 5 aromatic rings. The predicted octanol–water partition coefficient (Wildman–Crippen LogP) is 5.79. The molecular formula is C34H34FN5O4. The van der Waals surface area contributed by atoms with E-state index in [2.05, 4.69) is 38.7 Å². The standard InChI is InChI=1S/C34H34FN5O4/c1-38-28-14-23-12-13-39(19-25(17-35)36-34(42)43)33(41)26(23)16-27(28)37-32(38)29-15-24-8-5-9-30(31(24)40(29)18-21-10-11-21)44-20-22-6-3-2-4-7-22/h2-9,14-16,21,25,36H,10-13,17-20H2,1H3,(H,42,43)/t25-/m1/s1. The first-order chi connectivity index (χ1) is 21.4. The summed E-state index contributed by atoms with van der Waals surface area (Å²) in [6, 6.07) is 21.3. The van der Waals surface area contributed by atoms with Crippen LogP contribution in [0.3, 0.4) is 0 Å². The number of benzene rings is 3. The monoisotopic (exact) mass is 595 g/mol. The van der Waals surface area contributed by atoms with Crippen LogP contribution in [0.4, 0.5) is 9.18 Å². The summed E-state index contributed by atoms with van der Waals surface area (Å²) >= 11 is 0. The summed E-state index contributed by atoms with van der Waals surface area (Å²) in [4.78, 5) is 31.0. The molecule has 0 unspecified atom stereocenters. The van der Waals surface area contributed by atoms with Gasteiger partial charge in [-0.25, -0.2) is 14.2 Å². The van der Waals surface area contributed by atoms with Gasteiger partial charge >= 0.3 is 6.09 Å². The van der Waals surface area contributed by atoms with E-state index in [4.69, 9.17) is 14.8 Å². The molecule has 9 nitrogen and oxygen atoms in total. The van der Waals surface area contributed by atoms with Gasteiger partial charge in [0, 0.05) is 37.6 Å². The molecule has 1 fully saturated rings. The molecule has 7 rings (SSSR count). The first-order valence-electron chi connectivity index (χ1n) is 15.0. The average Bonchev–Trinajstić information content (AvgIpc) is 3.70. The summed E-state index contributed by atoms with van der Waals surface area (Å²) in [5.74, 6) is 2.01. The highest BCUT2D eigenvalue weighted by molar-refractivity contribution is 6.01. The maximum Gasteiger partial charge on any atom is 0.405 e. The first-order valence-corrected chi connectivity index (χ1v) is 15.0. The van der Waals surface area contributed by atoms with Crippen LogP contribution < -0.4 is 10.1 Å². The Kier molecular flexibility index (Phi) is 7.20. The Labute approximate surface area is 253 Å². The normalized spacial score (nSPS) is 15.5. The molecule has 3 aromatic carbocycles. The van der Waals surface area contributed by atoms with Crippen LogP contribution in [-0.2, 0) is 26.6 Å². The molecule has 1 aliphatic heterocycles. The maximum absolute atomic E-state index is 13.5. The van der Waals surface area contributed by atoms with E-state index in [0.29, 0.717) is 36.6 Å². The van der Waals surface area contributed by atoms with Crippen molar-refractivity contribution in [2.24, 2.45) is 13.0 Å². The van der Waals surface area contributed by atoms with Gasteiger partial charge in [-0.1, -0.05) is 42.5 Å². The van der Waals surface area contributed by atoms with Crippen molar-refractivity contribution < 1.29 is 23.8 Å². The molecule has 0 radical (unpaired) electrons. The number of fused-ring (bicyclic) bond motifs is 3. The molecule has 0 saturated heterocycles. The Hall–Kier alpha value is -4.86. The first kappa shape index (κ1) is 27.9. The van der Waals surface area contributed by atoms with E-state index in [-0.39, 0.29) is 12.5 Å². The molecule has 1 atom stereocenters. The Bertz CT molecular complexity index is 1880. The lowest BCUT2D eigenvalue weighted by Crippen LogP contribution is -2.48. The van der Waals surface area contributed by atoms with Crippen molar-refractivity contribution in [1.29, 1.82) is 0 Å². The van der Waals surface area contributed by atoms with Crippen molar-refractivity contribution >= 4 is 33.9 Å². The summed E-state index contributed by atoms with van der Waals surface area (Å²) in [7, 11) is 2.00. The number of amides is 2. The lowest BCUT2D eigenvalue weighted by molar-refractivity contribution is 0.0714. The molecule has 0 spiro atoms. The fraction of sp³-hybridized carbons (Fsp3) is 0.324. The number of ether oxygens (including phenoxy) is 1. The third-order valence-corrected chi connectivity index (χ3v) is 8.72. The quantitative estimate of drug-likeness (QED) is 0.213. The minimum Gasteiger partial charge on any atom is -0.487 e. The minimum atomic E-state index is -1.31. The van der Waals surface area contributed by atoms with Crippen LogP contribution in [-0.4, -0.2) is 61.9 Å². The van der Waals surface area contributed by atoms with Crippen LogP contribution in [0, 0.1) is 5.92 Å². The van der Waals surface area contributed by atoms with Gasteiger partial charge in [-0.3, -0.25) is 4.79 Å². The van der Waals surface area contributed by atoms with Crippen LogP contribution in [0.1, 0.15) is 34.3 Å². The fourth-order valence-corrected chi connectivity index (χ4v) is 6.27. The summed E-state index contributed by atoms with van der Waals surface area (Å²) in [6.07, 6.45) is 1.68. The van der Waals surface area contributed by atoms with Crippen molar-refractivity contribution in [2.45, 2.75) is 38.5 Å². The van der Waals surface area contributed by atoms with Gasteiger partial charge in [-0.05, 0) is 60.6 Å². The van der Waals surface area contributed by atoms with Gasteiger partial charge in [0.2, 0.25) is 0 Å². The molecular weight excluding hydrogens is 561 g/mol. The molecule has 1 aliphatic carbocycles. The number of imidazole rings is 1. The molecule has 1 saturated carbocycles. The highest BCUT2D eigenvalue weighted by Gasteiger charge is 2.30. The number of aryl methyl sites for hydroxylation is 1. The van der Waals surface area contributed by atoms with Crippen LogP contribution in [0.2, 0.25) is 0 Å². The van der Waals surface area contributed by atoms with E-state index in [1.807, 2.05) is 49.5 Å². The zero-order valence-corrected chi connectivity index (χ0v) is 24.5. The molecule has 2 amide bonds. The summed E-state index contributed by atoms with van der Waals surface area (Å²) in [6.45, 7) is 0.826. The minimum absolute atomic E-state index is 0.0253. The van der Waals surface area contributed by atoms with E-state index in [9.17, 15) is 14.0 Å². The highest BCUT2D eigenvalue weighted by atomic mass is 19.1. The number of carbonyl (C=O) groups excluding carboxylic acids is 1. The van der Waals surface area contributed by atoms with Gasteiger partial charge in [0.1, 0.15) is 19.0 Å². The number of carboxylic acid groups (broad SMARTS) is 1. The van der Waals surface area contributed by atoms with Gasteiger partial charge in [-0.15, -0.1) is 0 Å². The van der Waals surface area contributed by atoms with Gasteiger partial charge in [0.05, 0.1) is 28.3 Å². The van der Waals surface area contributed by atoms with Crippen molar-refractivity contribution in [3.05, 3.63) is 83.4 Å². The van der Waals surface area contributed by atoms with Gasteiger partial charge < -0.3 is 29.2 Å². The van der Waals surface area contributed by atoms with Gasteiger partial charge in [0.25, 0.3) is 5.91 Å². The summed E-state index contributed by atoms with van der Waals surface area (Å²) in [5.41, 5.74) is 6.22. The molecule has 3 heterocycles. The molecule has 0 bridgehead atoms. The molecule has 44 heavy (non-hydrogen) atoms. The van der Waals surface area contributed by atoms with Crippen molar-refractivity contribution in [3.63, 3.8) is 0 Å². The number of nitrogens with zero attached hydrogens (tertiary/aromatic N) is 4. The topological polar surface area (TPSA) is 102 Å². The number of alkyl halides is 1. The SMILES string of the molecule is Cn1c(-c2cc3cccc(OCc4ccccc4)c3n2CC2CC2)nc2cc3c(cc21)CCN(C[C@@H](CF)NC(=O)O)C3=O. The lowest BCUT2D eigenvalue weighted by Gasteiger charge is -2.31. The second-order valence-electron chi connectivity index (χ2n) is 11.8. The second kappa shape index (κ2) is 11.3. The van der Waals surface area contributed by atoms with E-state index in [1.54, 1.807) is 0 Å². The Morgan fingerprint density at radius 2 is 1.95 bits per heavy atom. The molecule has 2 aliphatic rings. The second-order valence-corrected chi connectivity index (χ2v) is 11.8. The number of aromatic nitrogens is 3. The summed E-state index contributed by atoms with van der Waals surface area (Å²) < 4.78 is 24.3. The maximum atomic E-state index is 13.5. The summed E-state index contributed by atoms with van der Waals surface area (Å²) in [5, 5.41) is 12.3. The zero-order valence-electron chi connectivity index (χ0n) is 24.5. The van der Waals surface area contributed by atoms with Crippen molar-refractivity contribution in [3.8, 4) is 17.3 Å². The Morgan fingerprint density at radius 3 is 2.70 bits per heavy atom. The van der Waals surface area contributed by atoms with Crippen LogP contribution in [0.25, 0.3) is 33.5 Å². The average molecular weight is 596 g/mol. The van der Waals surface area contributed by atoms with Crippen LogP contribution >= 0.6 is 0 Å². The van der Waals surface area contributed by atoms with E-state index in [0.717, 1.165) is 51.4 Å². The highest BCUT2D eigenvalue weighted by Crippen LogP contribution is 2.39. The molecule has 2 N–H and O–H groups in total. The number of halogens is 1. The number of carbonyl (C=O) groups is 2.